The van der Waals surface area contributed by atoms with Crippen LogP contribution in [0.25, 0.3) is 0 Å². The highest BCUT2D eigenvalue weighted by atomic mass is 16.5. The van der Waals surface area contributed by atoms with Gasteiger partial charge in [-0.3, -0.25) is 9.78 Å². The third kappa shape index (κ3) is 12.1. The minimum Gasteiger partial charge on any atom is -0.456 e. The normalized spacial score (nSPS) is 12.1. The molecular weight excluding hydrogens is 350 g/mol. The van der Waals surface area contributed by atoms with Crippen LogP contribution >= 0.6 is 0 Å². The fraction of sp³-hybridized carbons (Fsp3) is 0.750. The number of rotatable bonds is 17. The van der Waals surface area contributed by atoms with Crippen molar-refractivity contribution >= 4 is 5.97 Å². The van der Waals surface area contributed by atoms with Crippen molar-refractivity contribution in [3.63, 3.8) is 0 Å². The standard InChI is InChI=1S/C24H41NO3/c1-3-4-5-6-7-8-9-10-11-12-13-14-15-19-24(27)28-21(2)23-18-16-17-22(20-26)25-23/h16-18,21,26H,3-15,19-20H2,1-2H3. The van der Waals surface area contributed by atoms with E-state index >= 15 is 0 Å². The largest absolute Gasteiger partial charge is 0.456 e. The van der Waals surface area contributed by atoms with Gasteiger partial charge in [0.2, 0.25) is 0 Å². The number of pyridine rings is 1. The van der Waals surface area contributed by atoms with Gasteiger partial charge in [-0.15, -0.1) is 0 Å². The van der Waals surface area contributed by atoms with E-state index in [0.29, 0.717) is 17.8 Å². The van der Waals surface area contributed by atoms with Crippen LogP contribution in [-0.4, -0.2) is 16.1 Å². The number of carbonyl (C=O) groups excluding carboxylic acids is 1. The molecule has 160 valence electrons. The lowest BCUT2D eigenvalue weighted by molar-refractivity contribution is -0.148. The molecule has 4 nitrogen and oxygen atoms in total. The number of aliphatic hydroxyl groups is 1. The van der Waals surface area contributed by atoms with Crippen LogP contribution in [0.3, 0.4) is 0 Å². The predicted octanol–water partition coefficient (Wildman–Crippen LogP) is 6.66. The molecule has 0 aromatic carbocycles. The lowest BCUT2D eigenvalue weighted by atomic mass is 10.0. The van der Waals surface area contributed by atoms with Crippen molar-refractivity contribution in [2.75, 3.05) is 0 Å². The summed E-state index contributed by atoms with van der Waals surface area (Å²) < 4.78 is 5.46. The van der Waals surface area contributed by atoms with Crippen molar-refractivity contribution in [2.24, 2.45) is 0 Å². The summed E-state index contributed by atoms with van der Waals surface area (Å²) in [5.41, 5.74) is 1.28. The first-order chi connectivity index (χ1) is 13.7. The average molecular weight is 392 g/mol. The molecule has 1 aromatic rings. The van der Waals surface area contributed by atoms with Gasteiger partial charge in [0.15, 0.2) is 0 Å². The first-order valence-corrected chi connectivity index (χ1v) is 11.4. The monoisotopic (exact) mass is 391 g/mol. The van der Waals surface area contributed by atoms with E-state index in [9.17, 15) is 4.79 Å². The number of esters is 1. The van der Waals surface area contributed by atoms with E-state index in [-0.39, 0.29) is 18.7 Å². The first kappa shape index (κ1) is 24.6. The zero-order chi connectivity index (χ0) is 20.5. The van der Waals surface area contributed by atoms with E-state index in [2.05, 4.69) is 11.9 Å². The molecular formula is C24H41NO3. The Kier molecular flexibility index (Phi) is 14.5. The van der Waals surface area contributed by atoms with E-state index in [0.717, 1.165) is 12.8 Å². The fourth-order valence-corrected chi connectivity index (χ4v) is 3.42. The number of hydrogen-bond acceptors (Lipinski definition) is 4. The van der Waals surface area contributed by atoms with Crippen LogP contribution in [0.15, 0.2) is 18.2 Å². The molecule has 1 aromatic heterocycles. The Morgan fingerprint density at radius 3 is 2.00 bits per heavy atom. The van der Waals surface area contributed by atoms with Gasteiger partial charge in [-0.05, 0) is 25.5 Å². The van der Waals surface area contributed by atoms with Crippen LogP contribution in [0, 0.1) is 0 Å². The van der Waals surface area contributed by atoms with E-state index in [1.54, 1.807) is 6.07 Å². The minimum atomic E-state index is -0.374. The minimum absolute atomic E-state index is 0.104. The lowest BCUT2D eigenvalue weighted by Gasteiger charge is -2.13. The van der Waals surface area contributed by atoms with Crippen LogP contribution in [-0.2, 0) is 16.1 Å². The third-order valence-electron chi connectivity index (χ3n) is 5.20. The van der Waals surface area contributed by atoms with Gasteiger partial charge in [0.25, 0.3) is 0 Å². The van der Waals surface area contributed by atoms with Crippen molar-refractivity contribution in [1.29, 1.82) is 0 Å². The number of hydrogen-bond donors (Lipinski definition) is 1. The van der Waals surface area contributed by atoms with Crippen LogP contribution in [0.1, 0.15) is 121 Å². The summed E-state index contributed by atoms with van der Waals surface area (Å²) >= 11 is 0. The Bertz CT molecular complexity index is 518. The Labute approximate surface area is 172 Å². The summed E-state index contributed by atoms with van der Waals surface area (Å²) in [5.74, 6) is -0.160. The maximum Gasteiger partial charge on any atom is 0.306 e. The van der Waals surface area contributed by atoms with Crippen LogP contribution < -0.4 is 0 Å². The highest BCUT2D eigenvalue weighted by molar-refractivity contribution is 5.69. The zero-order valence-corrected chi connectivity index (χ0v) is 18.1. The van der Waals surface area contributed by atoms with Crippen LogP contribution in [0.2, 0.25) is 0 Å². The van der Waals surface area contributed by atoms with Gasteiger partial charge in [-0.25, -0.2) is 0 Å². The van der Waals surface area contributed by atoms with Crippen molar-refractivity contribution < 1.29 is 14.6 Å². The second kappa shape index (κ2) is 16.5. The molecule has 0 spiro atoms. The molecule has 1 rings (SSSR count). The molecule has 1 atom stereocenters. The summed E-state index contributed by atoms with van der Waals surface area (Å²) in [4.78, 5) is 16.3. The Morgan fingerprint density at radius 1 is 0.929 bits per heavy atom. The van der Waals surface area contributed by atoms with Gasteiger partial charge in [-0.2, -0.15) is 0 Å². The molecule has 0 radical (unpaired) electrons. The molecule has 28 heavy (non-hydrogen) atoms. The zero-order valence-electron chi connectivity index (χ0n) is 18.1. The molecule has 0 saturated carbocycles. The molecule has 1 heterocycles. The second-order valence-electron chi connectivity index (χ2n) is 7.84. The van der Waals surface area contributed by atoms with Crippen molar-refractivity contribution in [3.05, 3.63) is 29.6 Å². The molecule has 0 bridgehead atoms. The van der Waals surface area contributed by atoms with E-state index in [4.69, 9.17) is 9.84 Å². The highest BCUT2D eigenvalue weighted by Crippen LogP contribution is 2.17. The predicted molar refractivity (Wildman–Crippen MR) is 115 cm³/mol. The summed E-state index contributed by atoms with van der Waals surface area (Å²) in [5, 5.41) is 9.14. The smallest absolute Gasteiger partial charge is 0.306 e. The maximum atomic E-state index is 12.0. The van der Waals surface area contributed by atoms with Crippen molar-refractivity contribution in [2.45, 2.75) is 116 Å². The molecule has 1 unspecified atom stereocenters. The van der Waals surface area contributed by atoms with Gasteiger partial charge >= 0.3 is 5.97 Å². The number of nitrogens with zero attached hydrogens (tertiary/aromatic N) is 1. The summed E-state index contributed by atoms with van der Waals surface area (Å²) in [6, 6.07) is 5.40. The molecule has 0 aliphatic heterocycles. The molecule has 0 amide bonds. The number of ether oxygens (including phenoxy) is 1. The molecule has 0 aliphatic carbocycles. The second-order valence-corrected chi connectivity index (χ2v) is 7.84. The lowest BCUT2D eigenvalue weighted by Crippen LogP contribution is -2.10. The topological polar surface area (TPSA) is 59.4 Å². The first-order valence-electron chi connectivity index (χ1n) is 11.4. The van der Waals surface area contributed by atoms with Gasteiger partial charge in [0.1, 0.15) is 6.10 Å². The number of carbonyl (C=O) groups is 1. The van der Waals surface area contributed by atoms with Gasteiger partial charge in [0.05, 0.1) is 18.0 Å². The third-order valence-corrected chi connectivity index (χ3v) is 5.20. The highest BCUT2D eigenvalue weighted by Gasteiger charge is 2.13. The quantitative estimate of drug-likeness (QED) is 0.238. The summed E-state index contributed by atoms with van der Waals surface area (Å²) in [6.45, 7) is 3.98. The number of aliphatic hydroxyl groups excluding tert-OH is 1. The summed E-state index contributed by atoms with van der Waals surface area (Å²) in [6.07, 6.45) is 17.0. The average Bonchev–Trinajstić information content (AvgIpc) is 2.71. The molecule has 0 fully saturated rings. The van der Waals surface area contributed by atoms with E-state index in [1.807, 2.05) is 19.1 Å². The van der Waals surface area contributed by atoms with E-state index in [1.165, 1.54) is 70.6 Å². The molecule has 4 heteroatoms. The van der Waals surface area contributed by atoms with Gasteiger partial charge < -0.3 is 9.84 Å². The van der Waals surface area contributed by atoms with E-state index < -0.39 is 0 Å². The Hall–Kier alpha value is -1.42. The summed E-state index contributed by atoms with van der Waals surface area (Å²) in [7, 11) is 0. The molecule has 0 aliphatic rings. The van der Waals surface area contributed by atoms with Crippen molar-refractivity contribution in [1.82, 2.24) is 4.98 Å². The molecule has 1 N–H and O–H groups in total. The number of aromatic nitrogens is 1. The molecule has 0 saturated heterocycles. The number of unbranched alkanes of at least 4 members (excludes halogenated alkanes) is 12. The Balaban J connectivity index is 1.96. The van der Waals surface area contributed by atoms with Gasteiger partial charge in [0, 0.05) is 6.42 Å². The fourth-order valence-electron chi connectivity index (χ4n) is 3.42. The maximum absolute atomic E-state index is 12.0. The van der Waals surface area contributed by atoms with Crippen LogP contribution in [0.5, 0.6) is 0 Å². The van der Waals surface area contributed by atoms with Gasteiger partial charge in [-0.1, -0.05) is 90.0 Å². The SMILES string of the molecule is CCCCCCCCCCCCCCCC(=O)OC(C)c1cccc(CO)n1. The Morgan fingerprint density at radius 2 is 1.46 bits per heavy atom. The van der Waals surface area contributed by atoms with Crippen molar-refractivity contribution in [3.8, 4) is 0 Å². The van der Waals surface area contributed by atoms with Crippen LogP contribution in [0.4, 0.5) is 0 Å².